The van der Waals surface area contributed by atoms with Gasteiger partial charge >= 0.3 is 0 Å². The van der Waals surface area contributed by atoms with Gasteiger partial charge in [-0.25, -0.2) is 0 Å². The Hall–Kier alpha value is -1.58. The predicted molar refractivity (Wildman–Crippen MR) is 84.9 cm³/mol. The molecular weight excluding hydrogens is 262 g/mol. The molecule has 1 aromatic carbocycles. The monoisotopic (exact) mass is 287 g/mol. The van der Waals surface area contributed by atoms with Crippen LogP contribution in [0.4, 0.5) is 0 Å². The highest BCUT2D eigenvalue weighted by molar-refractivity contribution is 5.17. The zero-order valence-electron chi connectivity index (χ0n) is 13.1. The minimum Gasteiger partial charge on any atom is -0.462 e. The highest BCUT2D eigenvalue weighted by atomic mass is 16.5. The van der Waals surface area contributed by atoms with Crippen LogP contribution in [0.3, 0.4) is 0 Å². The molecule has 0 aliphatic rings. The first-order chi connectivity index (χ1) is 10.1. The zero-order chi connectivity index (χ0) is 15.1. The van der Waals surface area contributed by atoms with Crippen molar-refractivity contribution >= 4 is 0 Å². The van der Waals surface area contributed by atoms with Gasteiger partial charge in [-0.05, 0) is 37.1 Å². The summed E-state index contributed by atoms with van der Waals surface area (Å²) in [6.45, 7) is 8.71. The molecule has 1 N–H and O–H groups in total. The predicted octanol–water partition coefficient (Wildman–Crippen LogP) is 4.30. The van der Waals surface area contributed by atoms with Crippen molar-refractivity contribution in [1.29, 1.82) is 0 Å². The van der Waals surface area contributed by atoms with Crippen LogP contribution >= 0.6 is 0 Å². The van der Waals surface area contributed by atoms with Crippen LogP contribution in [-0.2, 0) is 17.9 Å². The van der Waals surface area contributed by atoms with E-state index >= 15 is 0 Å². The average Bonchev–Trinajstić information content (AvgIpc) is 2.93. The molecule has 1 atom stereocenters. The Bertz CT molecular complexity index is 519. The molecule has 0 aliphatic heterocycles. The molecule has 1 unspecified atom stereocenters. The zero-order valence-corrected chi connectivity index (χ0v) is 13.1. The Balaban J connectivity index is 1.77. The molecule has 0 saturated heterocycles. The van der Waals surface area contributed by atoms with Crippen molar-refractivity contribution in [2.45, 2.75) is 40.0 Å². The fourth-order valence-electron chi connectivity index (χ4n) is 2.11. The van der Waals surface area contributed by atoms with Crippen molar-refractivity contribution in [3.63, 3.8) is 0 Å². The second kappa shape index (κ2) is 8.01. The van der Waals surface area contributed by atoms with Gasteiger partial charge < -0.3 is 14.5 Å². The summed E-state index contributed by atoms with van der Waals surface area (Å²) < 4.78 is 11.6. The first-order valence-electron chi connectivity index (χ1n) is 7.60. The lowest BCUT2D eigenvalue weighted by atomic mass is 10.1. The van der Waals surface area contributed by atoms with Crippen LogP contribution < -0.4 is 5.32 Å². The van der Waals surface area contributed by atoms with Gasteiger partial charge in [0.2, 0.25) is 0 Å². The van der Waals surface area contributed by atoms with Crippen LogP contribution in [0.5, 0.6) is 0 Å². The van der Waals surface area contributed by atoms with E-state index in [0.29, 0.717) is 12.5 Å². The van der Waals surface area contributed by atoms with E-state index in [9.17, 15) is 0 Å². The first-order valence-corrected chi connectivity index (χ1v) is 7.60. The Labute approximate surface area is 127 Å². The van der Waals surface area contributed by atoms with E-state index in [0.717, 1.165) is 24.6 Å². The minimum absolute atomic E-state index is 0.0683. The van der Waals surface area contributed by atoms with Crippen molar-refractivity contribution in [2.24, 2.45) is 5.92 Å². The third-order valence-corrected chi connectivity index (χ3v) is 3.31. The molecule has 3 heteroatoms. The van der Waals surface area contributed by atoms with E-state index in [1.165, 1.54) is 5.56 Å². The number of nitrogens with one attached hydrogen (secondary N) is 1. The Kier molecular flexibility index (Phi) is 6.03. The minimum atomic E-state index is 0.0683. The van der Waals surface area contributed by atoms with Gasteiger partial charge in [0.25, 0.3) is 0 Å². The molecule has 2 rings (SSSR count). The number of ether oxygens (including phenoxy) is 1. The summed E-state index contributed by atoms with van der Waals surface area (Å²) in [5.74, 6) is 2.48. The lowest BCUT2D eigenvalue weighted by Gasteiger charge is -2.12. The number of rotatable bonds is 8. The summed E-state index contributed by atoms with van der Waals surface area (Å²) >= 11 is 0. The fourth-order valence-corrected chi connectivity index (χ4v) is 2.11. The quantitative estimate of drug-likeness (QED) is 0.786. The molecule has 0 radical (unpaired) electrons. The number of hydrogen-bond donors (Lipinski definition) is 1. The maximum absolute atomic E-state index is 5.86. The standard InChI is InChI=1S/C18H25NO2/c1-14(2)11-19-12-17-9-10-18(21-17)13-20-15(3)16-7-5-4-6-8-16/h4-10,14-15,19H,11-13H2,1-3H3. The van der Waals surface area contributed by atoms with E-state index < -0.39 is 0 Å². The lowest BCUT2D eigenvalue weighted by Crippen LogP contribution is -2.18. The van der Waals surface area contributed by atoms with E-state index in [2.05, 4.69) is 38.2 Å². The summed E-state index contributed by atoms with van der Waals surface area (Å²) in [4.78, 5) is 0. The van der Waals surface area contributed by atoms with Gasteiger partial charge in [0, 0.05) is 0 Å². The first kappa shape index (κ1) is 15.8. The number of benzene rings is 1. The van der Waals surface area contributed by atoms with Crippen LogP contribution in [0.2, 0.25) is 0 Å². The van der Waals surface area contributed by atoms with Gasteiger partial charge in [0.1, 0.15) is 18.1 Å². The van der Waals surface area contributed by atoms with Crippen molar-refractivity contribution < 1.29 is 9.15 Å². The van der Waals surface area contributed by atoms with E-state index in [4.69, 9.17) is 9.15 Å². The lowest BCUT2D eigenvalue weighted by molar-refractivity contribution is 0.0414. The highest BCUT2D eigenvalue weighted by Gasteiger charge is 2.08. The summed E-state index contributed by atoms with van der Waals surface area (Å²) in [6.07, 6.45) is 0.0683. The maximum Gasteiger partial charge on any atom is 0.129 e. The molecule has 114 valence electrons. The largest absolute Gasteiger partial charge is 0.462 e. The van der Waals surface area contributed by atoms with Crippen LogP contribution in [-0.4, -0.2) is 6.54 Å². The molecule has 0 bridgehead atoms. The van der Waals surface area contributed by atoms with Gasteiger partial charge in [-0.1, -0.05) is 44.2 Å². The van der Waals surface area contributed by atoms with E-state index in [1.807, 2.05) is 30.3 Å². The van der Waals surface area contributed by atoms with Crippen molar-refractivity contribution in [3.05, 3.63) is 59.5 Å². The molecule has 0 aliphatic carbocycles. The second-order valence-electron chi connectivity index (χ2n) is 5.76. The van der Waals surface area contributed by atoms with Gasteiger partial charge in [-0.3, -0.25) is 0 Å². The normalized spacial score (nSPS) is 12.8. The van der Waals surface area contributed by atoms with E-state index in [1.54, 1.807) is 0 Å². The van der Waals surface area contributed by atoms with Gasteiger partial charge in [0.05, 0.1) is 12.6 Å². The Morgan fingerprint density at radius 1 is 1.00 bits per heavy atom. The molecule has 0 amide bonds. The smallest absolute Gasteiger partial charge is 0.129 e. The van der Waals surface area contributed by atoms with Crippen molar-refractivity contribution in [1.82, 2.24) is 5.32 Å². The molecule has 0 spiro atoms. The number of hydrogen-bond acceptors (Lipinski definition) is 3. The molecular formula is C18H25NO2. The molecule has 21 heavy (non-hydrogen) atoms. The summed E-state index contributed by atoms with van der Waals surface area (Å²) in [5, 5.41) is 3.37. The third-order valence-electron chi connectivity index (χ3n) is 3.31. The van der Waals surface area contributed by atoms with Gasteiger partial charge in [0.15, 0.2) is 0 Å². The van der Waals surface area contributed by atoms with Gasteiger partial charge in [-0.15, -0.1) is 0 Å². The average molecular weight is 287 g/mol. The van der Waals surface area contributed by atoms with E-state index in [-0.39, 0.29) is 6.10 Å². The Morgan fingerprint density at radius 2 is 1.71 bits per heavy atom. The van der Waals surface area contributed by atoms with Gasteiger partial charge in [-0.2, -0.15) is 0 Å². The summed E-state index contributed by atoms with van der Waals surface area (Å²) in [7, 11) is 0. The highest BCUT2D eigenvalue weighted by Crippen LogP contribution is 2.19. The second-order valence-corrected chi connectivity index (χ2v) is 5.76. The number of furan rings is 1. The Morgan fingerprint density at radius 3 is 2.43 bits per heavy atom. The third kappa shape index (κ3) is 5.37. The maximum atomic E-state index is 5.86. The molecule has 0 saturated carbocycles. The van der Waals surface area contributed by atoms with Crippen LogP contribution in [0.25, 0.3) is 0 Å². The molecule has 2 aromatic rings. The van der Waals surface area contributed by atoms with Crippen molar-refractivity contribution in [3.8, 4) is 0 Å². The molecule has 3 nitrogen and oxygen atoms in total. The summed E-state index contributed by atoms with van der Waals surface area (Å²) in [5.41, 5.74) is 1.18. The topological polar surface area (TPSA) is 34.4 Å². The molecule has 1 heterocycles. The van der Waals surface area contributed by atoms with Crippen LogP contribution in [0.1, 0.15) is 44.0 Å². The van der Waals surface area contributed by atoms with Crippen molar-refractivity contribution in [2.75, 3.05) is 6.54 Å². The SMILES string of the molecule is CC(C)CNCc1ccc(COC(C)c2ccccc2)o1. The molecule has 0 fully saturated rings. The molecule has 1 aromatic heterocycles. The summed E-state index contributed by atoms with van der Waals surface area (Å²) in [6, 6.07) is 14.2. The van der Waals surface area contributed by atoms with Crippen LogP contribution in [0.15, 0.2) is 46.9 Å². The van der Waals surface area contributed by atoms with Crippen LogP contribution in [0, 0.1) is 5.92 Å². The fraction of sp³-hybridized carbons (Fsp3) is 0.444.